The lowest BCUT2D eigenvalue weighted by Crippen LogP contribution is -2.42. The van der Waals surface area contributed by atoms with Gasteiger partial charge in [-0.25, -0.2) is 9.37 Å². The average molecular weight is 410 g/mol. The van der Waals surface area contributed by atoms with E-state index in [1.165, 1.54) is 24.6 Å². The first-order valence-corrected chi connectivity index (χ1v) is 9.42. The van der Waals surface area contributed by atoms with Crippen molar-refractivity contribution in [1.29, 1.82) is 0 Å². The van der Waals surface area contributed by atoms with Gasteiger partial charge in [0.2, 0.25) is 11.8 Å². The van der Waals surface area contributed by atoms with Crippen LogP contribution in [-0.2, 0) is 16.1 Å². The lowest BCUT2D eigenvalue weighted by Gasteiger charge is -2.28. The summed E-state index contributed by atoms with van der Waals surface area (Å²) in [4.78, 5) is 28.2. The van der Waals surface area contributed by atoms with Crippen molar-refractivity contribution in [1.82, 2.24) is 15.6 Å². The summed E-state index contributed by atoms with van der Waals surface area (Å²) < 4.78 is 23.7. The predicted octanol–water partition coefficient (Wildman–Crippen LogP) is 2.84. The van der Waals surface area contributed by atoms with Gasteiger partial charge in [-0.3, -0.25) is 9.59 Å². The van der Waals surface area contributed by atoms with Gasteiger partial charge in [0.05, 0.1) is 17.8 Å². The molecule has 0 radical (unpaired) electrons. The second-order valence-electron chi connectivity index (χ2n) is 6.62. The van der Waals surface area contributed by atoms with E-state index in [0.29, 0.717) is 31.6 Å². The topological polar surface area (TPSA) is 93.5 Å². The number of hydrogen-bond acceptors (Lipinski definition) is 5. The van der Waals surface area contributed by atoms with Crippen molar-refractivity contribution in [3.8, 4) is 5.75 Å². The van der Waals surface area contributed by atoms with Gasteiger partial charge in [-0.2, -0.15) is 0 Å². The number of carbonyl (C=O) groups is 2. The Kier molecular flexibility index (Phi) is 6.86. The number of nitrogens with zero attached hydrogens (tertiary/aromatic N) is 1. The Morgan fingerprint density at radius 1 is 1.29 bits per heavy atom. The van der Waals surface area contributed by atoms with Crippen LogP contribution in [0.15, 0.2) is 35.1 Å². The van der Waals surface area contributed by atoms with Gasteiger partial charge in [0, 0.05) is 18.0 Å². The fourth-order valence-corrected chi connectivity index (χ4v) is 3.25. The molecule has 1 aromatic carbocycles. The van der Waals surface area contributed by atoms with Crippen LogP contribution in [0, 0.1) is 11.7 Å². The molecule has 0 unspecified atom stereocenters. The van der Waals surface area contributed by atoms with Crippen LogP contribution < -0.4 is 15.4 Å². The summed E-state index contributed by atoms with van der Waals surface area (Å²) in [5.74, 6) is -0.294. The molecule has 0 atom stereocenters. The maximum atomic E-state index is 13.4. The van der Waals surface area contributed by atoms with Crippen LogP contribution in [0.3, 0.4) is 0 Å². The number of oxazole rings is 1. The lowest BCUT2D eigenvalue weighted by molar-refractivity contribution is -0.126. The van der Waals surface area contributed by atoms with Gasteiger partial charge in [0.1, 0.15) is 17.8 Å². The van der Waals surface area contributed by atoms with Crippen molar-refractivity contribution in [2.24, 2.45) is 5.92 Å². The number of hydrogen-bond donors (Lipinski definition) is 2. The van der Waals surface area contributed by atoms with Crippen LogP contribution >= 0.6 is 11.6 Å². The SMILES string of the molecule is O=C(COc1ccc(Cl)c(F)c1)NC1CCC(C(=O)NCc2ncco2)CC1. The molecule has 9 heteroatoms. The number of amides is 2. The van der Waals surface area contributed by atoms with Crippen LogP contribution in [0.4, 0.5) is 4.39 Å². The Hall–Kier alpha value is -2.61. The fourth-order valence-electron chi connectivity index (χ4n) is 3.13. The molecule has 1 saturated carbocycles. The van der Waals surface area contributed by atoms with Crippen molar-refractivity contribution in [2.75, 3.05) is 6.61 Å². The van der Waals surface area contributed by atoms with Crippen molar-refractivity contribution < 1.29 is 23.1 Å². The fraction of sp³-hybridized carbons (Fsp3) is 0.421. The molecule has 2 aromatic rings. The smallest absolute Gasteiger partial charge is 0.258 e. The zero-order chi connectivity index (χ0) is 19.9. The van der Waals surface area contributed by atoms with E-state index in [9.17, 15) is 14.0 Å². The summed E-state index contributed by atoms with van der Waals surface area (Å²) in [6.45, 7) is 0.0583. The number of carbonyl (C=O) groups excluding carboxylic acids is 2. The highest BCUT2D eigenvalue weighted by Gasteiger charge is 2.27. The van der Waals surface area contributed by atoms with Gasteiger partial charge < -0.3 is 19.8 Å². The largest absolute Gasteiger partial charge is 0.484 e. The maximum Gasteiger partial charge on any atom is 0.258 e. The molecule has 2 amide bonds. The molecule has 2 N–H and O–H groups in total. The lowest BCUT2D eigenvalue weighted by atomic mass is 9.85. The quantitative estimate of drug-likeness (QED) is 0.733. The van der Waals surface area contributed by atoms with Crippen LogP contribution in [0.25, 0.3) is 0 Å². The molecule has 7 nitrogen and oxygen atoms in total. The zero-order valence-electron chi connectivity index (χ0n) is 15.1. The van der Waals surface area contributed by atoms with Gasteiger partial charge in [-0.05, 0) is 37.8 Å². The van der Waals surface area contributed by atoms with Gasteiger partial charge in [-0.15, -0.1) is 0 Å². The number of benzene rings is 1. The van der Waals surface area contributed by atoms with Gasteiger partial charge >= 0.3 is 0 Å². The van der Waals surface area contributed by atoms with Crippen molar-refractivity contribution >= 4 is 23.4 Å². The monoisotopic (exact) mass is 409 g/mol. The Labute approximate surface area is 166 Å². The summed E-state index contributed by atoms with van der Waals surface area (Å²) in [6.07, 6.45) is 5.78. The summed E-state index contributed by atoms with van der Waals surface area (Å²) in [6, 6.07) is 4.01. The molecule has 1 aromatic heterocycles. The summed E-state index contributed by atoms with van der Waals surface area (Å²) in [5.41, 5.74) is 0. The molecule has 0 bridgehead atoms. The van der Waals surface area contributed by atoms with E-state index in [1.807, 2.05) is 0 Å². The molecule has 150 valence electrons. The van der Waals surface area contributed by atoms with E-state index in [4.69, 9.17) is 20.8 Å². The minimum atomic E-state index is -0.598. The summed E-state index contributed by atoms with van der Waals surface area (Å²) in [5, 5.41) is 5.70. The third-order valence-electron chi connectivity index (χ3n) is 4.62. The van der Waals surface area contributed by atoms with E-state index < -0.39 is 5.82 Å². The second kappa shape index (κ2) is 9.54. The van der Waals surface area contributed by atoms with E-state index in [1.54, 1.807) is 0 Å². The zero-order valence-corrected chi connectivity index (χ0v) is 15.9. The highest BCUT2D eigenvalue weighted by Crippen LogP contribution is 2.25. The summed E-state index contributed by atoms with van der Waals surface area (Å²) >= 11 is 5.61. The van der Waals surface area contributed by atoms with Crippen LogP contribution in [0.1, 0.15) is 31.6 Å². The van der Waals surface area contributed by atoms with E-state index in [-0.39, 0.29) is 47.7 Å². The maximum absolute atomic E-state index is 13.4. The molecular weight excluding hydrogens is 389 g/mol. The second-order valence-corrected chi connectivity index (χ2v) is 7.03. The molecule has 1 heterocycles. The number of nitrogens with one attached hydrogen (secondary N) is 2. The van der Waals surface area contributed by atoms with E-state index in [0.717, 1.165) is 6.07 Å². The molecule has 1 aliphatic rings. The molecule has 0 saturated heterocycles. The minimum absolute atomic E-state index is 0.00183. The molecule has 28 heavy (non-hydrogen) atoms. The van der Waals surface area contributed by atoms with E-state index in [2.05, 4.69) is 15.6 Å². The highest BCUT2D eigenvalue weighted by atomic mass is 35.5. The number of rotatable bonds is 7. The Bertz CT molecular complexity index is 808. The van der Waals surface area contributed by atoms with Gasteiger partial charge in [0.25, 0.3) is 5.91 Å². The minimum Gasteiger partial charge on any atom is -0.484 e. The van der Waals surface area contributed by atoms with Gasteiger partial charge in [-0.1, -0.05) is 11.6 Å². The Morgan fingerprint density at radius 3 is 2.75 bits per heavy atom. The van der Waals surface area contributed by atoms with Crippen molar-refractivity contribution in [3.05, 3.63) is 47.4 Å². The van der Waals surface area contributed by atoms with Crippen LogP contribution in [0.2, 0.25) is 5.02 Å². The molecule has 3 rings (SSSR count). The number of aromatic nitrogens is 1. The number of ether oxygens (including phenoxy) is 1. The van der Waals surface area contributed by atoms with Gasteiger partial charge in [0.15, 0.2) is 6.61 Å². The third kappa shape index (κ3) is 5.69. The van der Waals surface area contributed by atoms with Crippen LogP contribution in [-0.4, -0.2) is 29.4 Å². The number of halogens is 2. The molecular formula is C19H21ClFN3O4. The van der Waals surface area contributed by atoms with E-state index >= 15 is 0 Å². The van der Waals surface area contributed by atoms with Crippen molar-refractivity contribution in [3.63, 3.8) is 0 Å². The Morgan fingerprint density at radius 2 is 2.07 bits per heavy atom. The third-order valence-corrected chi connectivity index (χ3v) is 4.93. The standard InChI is InChI=1S/C19H21ClFN3O4/c20-15-6-5-14(9-16(15)21)28-11-17(25)24-13-3-1-12(2-4-13)19(26)23-10-18-22-7-8-27-18/h5-9,12-13H,1-4,10-11H2,(H,23,26)(H,24,25). The Balaban J connectivity index is 1.35. The molecule has 1 fully saturated rings. The first-order valence-electron chi connectivity index (χ1n) is 9.04. The molecule has 1 aliphatic carbocycles. The van der Waals surface area contributed by atoms with Crippen LogP contribution in [0.5, 0.6) is 5.75 Å². The molecule has 0 spiro atoms. The molecule has 0 aliphatic heterocycles. The highest BCUT2D eigenvalue weighted by molar-refractivity contribution is 6.30. The first-order chi connectivity index (χ1) is 13.5. The predicted molar refractivity (Wildman–Crippen MR) is 99.1 cm³/mol. The first kappa shape index (κ1) is 20.1. The normalized spacial score (nSPS) is 19.1. The summed E-state index contributed by atoms with van der Waals surface area (Å²) in [7, 11) is 0. The van der Waals surface area contributed by atoms with Crippen molar-refractivity contribution in [2.45, 2.75) is 38.3 Å². The average Bonchev–Trinajstić information content (AvgIpc) is 3.21.